The summed E-state index contributed by atoms with van der Waals surface area (Å²) in [7, 11) is 0. The van der Waals surface area contributed by atoms with Gasteiger partial charge in [0.15, 0.2) is 5.16 Å². The molecular weight excluding hydrogens is 338 g/mol. The predicted octanol–water partition coefficient (Wildman–Crippen LogP) is 2.81. The van der Waals surface area contributed by atoms with E-state index in [1.807, 2.05) is 0 Å². The van der Waals surface area contributed by atoms with Gasteiger partial charge in [0.05, 0.1) is 10.8 Å². The third kappa shape index (κ3) is 4.49. The number of aromatic hydroxyl groups is 1. The zero-order valence-electron chi connectivity index (χ0n) is 12.6. The maximum Gasteiger partial charge on any atom is 0.258 e. The van der Waals surface area contributed by atoms with E-state index in [4.69, 9.17) is 11.6 Å². The number of aromatic amines is 1. The van der Waals surface area contributed by atoms with Gasteiger partial charge < -0.3 is 15.4 Å². The molecule has 122 valence electrons. The fourth-order valence-electron chi connectivity index (χ4n) is 1.87. The SMILES string of the molecule is CCc1c(O)nc(S[C@@H](C)C(=O)Nc2cccc(Cl)c2)[nH]c1=O. The Hall–Kier alpha value is -1.99. The Kier molecular flexibility index (Phi) is 5.68. The summed E-state index contributed by atoms with van der Waals surface area (Å²) < 4.78 is 0. The highest BCUT2D eigenvalue weighted by Gasteiger charge is 2.18. The minimum atomic E-state index is -0.524. The van der Waals surface area contributed by atoms with Gasteiger partial charge in [-0.2, -0.15) is 4.98 Å². The van der Waals surface area contributed by atoms with E-state index in [1.54, 1.807) is 38.1 Å². The van der Waals surface area contributed by atoms with E-state index < -0.39 is 10.8 Å². The van der Waals surface area contributed by atoms with Crippen molar-refractivity contribution in [2.75, 3.05) is 5.32 Å². The van der Waals surface area contributed by atoms with Crippen molar-refractivity contribution in [1.29, 1.82) is 0 Å². The van der Waals surface area contributed by atoms with Gasteiger partial charge in [0.25, 0.3) is 5.56 Å². The Morgan fingerprint density at radius 3 is 2.87 bits per heavy atom. The van der Waals surface area contributed by atoms with Crippen LogP contribution in [0.4, 0.5) is 5.69 Å². The summed E-state index contributed by atoms with van der Waals surface area (Å²) in [6.07, 6.45) is 0.379. The highest BCUT2D eigenvalue weighted by molar-refractivity contribution is 8.00. The molecule has 0 fully saturated rings. The van der Waals surface area contributed by atoms with E-state index in [9.17, 15) is 14.7 Å². The van der Waals surface area contributed by atoms with Crippen LogP contribution in [0.3, 0.4) is 0 Å². The highest BCUT2D eigenvalue weighted by atomic mass is 35.5. The molecule has 1 aromatic heterocycles. The van der Waals surface area contributed by atoms with Gasteiger partial charge >= 0.3 is 0 Å². The predicted molar refractivity (Wildman–Crippen MR) is 91.3 cm³/mol. The Labute approximate surface area is 142 Å². The van der Waals surface area contributed by atoms with Gasteiger partial charge in [-0.25, -0.2) is 0 Å². The molecule has 2 rings (SSSR count). The van der Waals surface area contributed by atoms with Crippen molar-refractivity contribution in [3.8, 4) is 5.88 Å². The van der Waals surface area contributed by atoms with Crippen LogP contribution in [0.1, 0.15) is 19.4 Å². The molecule has 0 unspecified atom stereocenters. The first-order chi connectivity index (χ1) is 10.9. The molecule has 23 heavy (non-hydrogen) atoms. The van der Waals surface area contributed by atoms with Gasteiger partial charge in [-0.15, -0.1) is 0 Å². The largest absolute Gasteiger partial charge is 0.493 e. The molecule has 0 aliphatic rings. The van der Waals surface area contributed by atoms with Crippen molar-refractivity contribution in [3.05, 3.63) is 45.2 Å². The van der Waals surface area contributed by atoms with E-state index in [2.05, 4.69) is 15.3 Å². The first kappa shape index (κ1) is 17.4. The number of hydrogen-bond donors (Lipinski definition) is 3. The summed E-state index contributed by atoms with van der Waals surface area (Å²) in [4.78, 5) is 30.4. The molecular formula is C15H16ClN3O3S. The Bertz CT molecular complexity index is 779. The van der Waals surface area contributed by atoms with Gasteiger partial charge in [0, 0.05) is 10.7 Å². The zero-order valence-corrected chi connectivity index (χ0v) is 14.2. The minimum absolute atomic E-state index is 0.193. The van der Waals surface area contributed by atoms with E-state index in [0.29, 0.717) is 17.1 Å². The highest BCUT2D eigenvalue weighted by Crippen LogP contribution is 2.23. The molecule has 8 heteroatoms. The van der Waals surface area contributed by atoms with Crippen LogP contribution in [0.15, 0.2) is 34.2 Å². The average molecular weight is 354 g/mol. The molecule has 0 bridgehead atoms. The minimum Gasteiger partial charge on any atom is -0.493 e. The second kappa shape index (κ2) is 7.52. The monoisotopic (exact) mass is 353 g/mol. The van der Waals surface area contributed by atoms with Crippen molar-refractivity contribution in [1.82, 2.24) is 9.97 Å². The van der Waals surface area contributed by atoms with Crippen LogP contribution in [0, 0.1) is 0 Å². The molecule has 2 aromatic rings. The molecule has 1 atom stereocenters. The number of benzene rings is 1. The van der Waals surface area contributed by atoms with Crippen LogP contribution < -0.4 is 10.9 Å². The van der Waals surface area contributed by atoms with Crippen molar-refractivity contribution >= 4 is 35.0 Å². The molecule has 1 heterocycles. The number of nitrogens with one attached hydrogen (secondary N) is 2. The summed E-state index contributed by atoms with van der Waals surface area (Å²) in [5.74, 6) is -0.569. The first-order valence-electron chi connectivity index (χ1n) is 6.96. The van der Waals surface area contributed by atoms with Crippen LogP contribution in [0.25, 0.3) is 0 Å². The van der Waals surface area contributed by atoms with Crippen molar-refractivity contribution in [2.24, 2.45) is 0 Å². The molecule has 0 spiro atoms. The quantitative estimate of drug-likeness (QED) is 0.567. The van der Waals surface area contributed by atoms with Crippen LogP contribution in [0.2, 0.25) is 5.02 Å². The summed E-state index contributed by atoms with van der Waals surface area (Å²) in [5, 5.41) is 12.6. The molecule has 3 N–H and O–H groups in total. The van der Waals surface area contributed by atoms with Crippen molar-refractivity contribution in [3.63, 3.8) is 0 Å². The number of H-pyrrole nitrogens is 1. The zero-order chi connectivity index (χ0) is 17.0. The van der Waals surface area contributed by atoms with E-state index in [1.165, 1.54) is 0 Å². The van der Waals surface area contributed by atoms with Crippen LogP contribution >= 0.6 is 23.4 Å². The Morgan fingerprint density at radius 1 is 1.52 bits per heavy atom. The summed E-state index contributed by atoms with van der Waals surface area (Å²) in [5.41, 5.74) is 0.413. The van der Waals surface area contributed by atoms with Crippen molar-refractivity contribution < 1.29 is 9.90 Å². The smallest absolute Gasteiger partial charge is 0.258 e. The number of rotatable bonds is 5. The second-order valence-electron chi connectivity index (χ2n) is 4.79. The van der Waals surface area contributed by atoms with Gasteiger partial charge in [-0.05, 0) is 31.5 Å². The van der Waals surface area contributed by atoms with E-state index in [-0.39, 0.29) is 22.5 Å². The number of nitrogens with zero attached hydrogens (tertiary/aromatic N) is 1. The lowest BCUT2D eigenvalue weighted by atomic mass is 10.2. The van der Waals surface area contributed by atoms with Crippen molar-refractivity contribution in [2.45, 2.75) is 30.7 Å². The van der Waals surface area contributed by atoms with Gasteiger partial charge in [-0.1, -0.05) is 36.4 Å². The fourth-order valence-corrected chi connectivity index (χ4v) is 2.85. The second-order valence-corrected chi connectivity index (χ2v) is 6.55. The third-order valence-electron chi connectivity index (χ3n) is 3.08. The Balaban J connectivity index is 2.08. The van der Waals surface area contributed by atoms with E-state index in [0.717, 1.165) is 11.8 Å². The summed E-state index contributed by atoms with van der Waals surface area (Å²) >= 11 is 6.92. The van der Waals surface area contributed by atoms with Crippen LogP contribution in [0.5, 0.6) is 5.88 Å². The van der Waals surface area contributed by atoms with Gasteiger partial charge in [0.2, 0.25) is 11.8 Å². The number of thioether (sulfide) groups is 1. The van der Waals surface area contributed by atoms with E-state index >= 15 is 0 Å². The number of hydrogen-bond acceptors (Lipinski definition) is 5. The lowest BCUT2D eigenvalue weighted by Gasteiger charge is -2.12. The molecule has 0 aliphatic heterocycles. The number of aromatic nitrogens is 2. The molecule has 0 aliphatic carbocycles. The maximum atomic E-state index is 12.2. The van der Waals surface area contributed by atoms with Crippen LogP contribution in [-0.4, -0.2) is 26.2 Å². The lowest BCUT2D eigenvalue weighted by molar-refractivity contribution is -0.115. The molecule has 1 aromatic carbocycles. The third-order valence-corrected chi connectivity index (χ3v) is 4.29. The van der Waals surface area contributed by atoms with Gasteiger partial charge in [-0.3, -0.25) is 9.59 Å². The topological polar surface area (TPSA) is 95.1 Å². The summed E-state index contributed by atoms with van der Waals surface area (Å²) in [6, 6.07) is 6.81. The normalized spacial score (nSPS) is 12.0. The van der Waals surface area contributed by atoms with Gasteiger partial charge in [0.1, 0.15) is 0 Å². The number of halogens is 1. The number of anilines is 1. The number of carbonyl (C=O) groups excluding carboxylic acids is 1. The molecule has 0 saturated heterocycles. The molecule has 1 amide bonds. The standard InChI is InChI=1S/C15H16ClN3O3S/c1-3-11-13(21)18-15(19-14(11)22)23-8(2)12(20)17-10-6-4-5-9(16)7-10/h4-8H,3H2,1-2H3,(H,17,20)(H2,18,19,21,22)/t8-/m0/s1. The molecule has 0 saturated carbocycles. The summed E-state index contributed by atoms with van der Waals surface area (Å²) in [6.45, 7) is 3.43. The Morgan fingerprint density at radius 2 is 2.26 bits per heavy atom. The van der Waals surface area contributed by atoms with Crippen LogP contribution in [-0.2, 0) is 11.2 Å². The average Bonchev–Trinajstić information content (AvgIpc) is 2.46. The lowest BCUT2D eigenvalue weighted by Crippen LogP contribution is -2.23. The first-order valence-corrected chi connectivity index (χ1v) is 8.21. The maximum absolute atomic E-state index is 12.2. The fraction of sp³-hybridized carbons (Fsp3) is 0.267. The number of amides is 1. The molecule has 0 radical (unpaired) electrons. The molecule has 6 nitrogen and oxygen atoms in total. The number of carbonyl (C=O) groups is 1.